The van der Waals surface area contributed by atoms with Gasteiger partial charge in [0.15, 0.2) is 0 Å². The molecule has 1 aromatic rings. The quantitative estimate of drug-likeness (QED) is 0.663. The number of nitrogens with zero attached hydrogens (tertiary/aromatic N) is 2. The van der Waals surface area contributed by atoms with Crippen molar-refractivity contribution in [3.05, 3.63) is 24.4 Å². The third kappa shape index (κ3) is 4.79. The fraction of sp³-hybridized carbons (Fsp3) is 0.571. The molecule has 1 fully saturated rings. The first-order valence-corrected chi connectivity index (χ1v) is 7.16. The second-order valence-electron chi connectivity index (χ2n) is 5.21. The summed E-state index contributed by atoms with van der Waals surface area (Å²) in [7, 11) is 0. The number of pyridine rings is 1. The Morgan fingerprint density at radius 3 is 3.15 bits per heavy atom. The van der Waals surface area contributed by atoms with Crippen LogP contribution in [0.4, 0.5) is 5.82 Å². The molecule has 1 aromatic heterocycles. The van der Waals surface area contributed by atoms with Crippen molar-refractivity contribution in [1.82, 2.24) is 15.3 Å². The van der Waals surface area contributed by atoms with Gasteiger partial charge >= 0.3 is 0 Å². The van der Waals surface area contributed by atoms with Crippen molar-refractivity contribution >= 4 is 11.7 Å². The Hall–Kier alpha value is -1.66. The second kappa shape index (κ2) is 7.81. The number of rotatable bonds is 6. The lowest BCUT2D eigenvalue weighted by atomic mass is 9.95. The highest BCUT2D eigenvalue weighted by Crippen LogP contribution is 2.18. The molecule has 6 nitrogen and oxygen atoms in total. The van der Waals surface area contributed by atoms with Crippen LogP contribution in [0.15, 0.2) is 24.4 Å². The molecule has 0 aliphatic carbocycles. The van der Waals surface area contributed by atoms with E-state index in [-0.39, 0.29) is 5.91 Å². The van der Waals surface area contributed by atoms with Crippen LogP contribution in [0.2, 0.25) is 0 Å². The Bertz CT molecular complexity index is 409. The molecule has 0 spiro atoms. The number of likely N-dealkylation sites (tertiary alicyclic amines) is 1. The minimum atomic E-state index is -0.0379. The smallest absolute Gasteiger partial charge is 0.252 e. The maximum absolute atomic E-state index is 11.9. The van der Waals surface area contributed by atoms with Gasteiger partial charge in [-0.15, -0.1) is 0 Å². The van der Waals surface area contributed by atoms with Crippen molar-refractivity contribution < 1.29 is 4.79 Å². The number of hydrazine groups is 1. The minimum Gasteiger partial charge on any atom is -0.330 e. The number of nitrogens with one attached hydrogen (secondary N) is 2. The van der Waals surface area contributed by atoms with Crippen LogP contribution < -0.4 is 16.6 Å². The van der Waals surface area contributed by atoms with Gasteiger partial charge in [0.25, 0.3) is 5.91 Å². The SMILES string of the molecule is NCCC1CCCN(CC(=O)NNc2ccccn2)C1. The molecule has 0 radical (unpaired) electrons. The van der Waals surface area contributed by atoms with Crippen LogP contribution >= 0.6 is 0 Å². The predicted molar refractivity (Wildman–Crippen MR) is 78.8 cm³/mol. The van der Waals surface area contributed by atoms with E-state index in [0.717, 1.165) is 32.5 Å². The number of hydrogen-bond acceptors (Lipinski definition) is 5. The largest absolute Gasteiger partial charge is 0.330 e. The Morgan fingerprint density at radius 2 is 2.40 bits per heavy atom. The van der Waals surface area contributed by atoms with E-state index in [1.54, 1.807) is 12.3 Å². The summed E-state index contributed by atoms with van der Waals surface area (Å²) in [6.07, 6.45) is 5.09. The summed E-state index contributed by atoms with van der Waals surface area (Å²) in [5, 5.41) is 0. The summed E-state index contributed by atoms with van der Waals surface area (Å²) < 4.78 is 0. The molecular weight excluding hydrogens is 254 g/mol. The normalized spacial score (nSPS) is 19.6. The maximum Gasteiger partial charge on any atom is 0.252 e. The van der Waals surface area contributed by atoms with Crippen LogP contribution in [0.25, 0.3) is 0 Å². The van der Waals surface area contributed by atoms with E-state index in [4.69, 9.17) is 5.73 Å². The molecule has 20 heavy (non-hydrogen) atoms. The molecule has 2 rings (SSSR count). The molecule has 1 aliphatic rings. The number of carbonyl (C=O) groups is 1. The number of piperidine rings is 1. The van der Waals surface area contributed by atoms with E-state index in [9.17, 15) is 4.79 Å². The number of hydrogen-bond donors (Lipinski definition) is 3. The highest BCUT2D eigenvalue weighted by Gasteiger charge is 2.20. The predicted octanol–water partition coefficient (Wildman–Crippen LogP) is 0.586. The molecule has 0 aromatic carbocycles. The van der Waals surface area contributed by atoms with Gasteiger partial charge < -0.3 is 5.73 Å². The highest BCUT2D eigenvalue weighted by atomic mass is 16.2. The van der Waals surface area contributed by atoms with E-state index < -0.39 is 0 Å². The molecule has 4 N–H and O–H groups in total. The lowest BCUT2D eigenvalue weighted by molar-refractivity contribution is -0.122. The van der Waals surface area contributed by atoms with Crippen LogP contribution in [0.3, 0.4) is 0 Å². The molecule has 2 heterocycles. The lowest BCUT2D eigenvalue weighted by Crippen LogP contribution is -2.44. The fourth-order valence-corrected chi connectivity index (χ4v) is 2.58. The van der Waals surface area contributed by atoms with Crippen molar-refractivity contribution in [3.8, 4) is 0 Å². The van der Waals surface area contributed by atoms with Gasteiger partial charge in [0, 0.05) is 12.7 Å². The van der Waals surface area contributed by atoms with E-state index in [0.29, 0.717) is 18.3 Å². The molecule has 1 saturated heterocycles. The van der Waals surface area contributed by atoms with Gasteiger partial charge in [-0.2, -0.15) is 0 Å². The fourth-order valence-electron chi connectivity index (χ4n) is 2.58. The first kappa shape index (κ1) is 14.7. The van der Waals surface area contributed by atoms with Crippen LogP contribution in [0, 0.1) is 5.92 Å². The molecule has 0 saturated carbocycles. The third-order valence-electron chi connectivity index (χ3n) is 3.54. The summed E-state index contributed by atoms with van der Waals surface area (Å²) in [6, 6.07) is 5.50. The first-order chi connectivity index (χ1) is 9.78. The molecule has 6 heteroatoms. The van der Waals surface area contributed by atoms with Gasteiger partial charge in [0.05, 0.1) is 6.54 Å². The van der Waals surface area contributed by atoms with Crippen molar-refractivity contribution in [3.63, 3.8) is 0 Å². The molecule has 0 bridgehead atoms. The third-order valence-corrected chi connectivity index (χ3v) is 3.54. The zero-order chi connectivity index (χ0) is 14.2. The Morgan fingerprint density at radius 1 is 1.50 bits per heavy atom. The first-order valence-electron chi connectivity index (χ1n) is 7.16. The summed E-state index contributed by atoms with van der Waals surface area (Å²) in [4.78, 5) is 18.2. The van der Waals surface area contributed by atoms with E-state index in [1.807, 2.05) is 12.1 Å². The maximum atomic E-state index is 11.9. The van der Waals surface area contributed by atoms with Gasteiger partial charge in [0.1, 0.15) is 5.82 Å². The molecule has 1 unspecified atom stereocenters. The van der Waals surface area contributed by atoms with E-state index >= 15 is 0 Å². The number of nitrogens with two attached hydrogens (primary N) is 1. The number of aromatic nitrogens is 1. The summed E-state index contributed by atoms with van der Waals surface area (Å²) in [5.41, 5.74) is 11.1. The average Bonchev–Trinajstić information content (AvgIpc) is 2.47. The van der Waals surface area contributed by atoms with E-state index in [2.05, 4.69) is 20.7 Å². The lowest BCUT2D eigenvalue weighted by Gasteiger charge is -2.32. The van der Waals surface area contributed by atoms with E-state index in [1.165, 1.54) is 6.42 Å². The number of anilines is 1. The zero-order valence-electron chi connectivity index (χ0n) is 11.7. The van der Waals surface area contributed by atoms with Crippen molar-refractivity contribution in [2.24, 2.45) is 11.7 Å². The van der Waals surface area contributed by atoms with Gasteiger partial charge in [-0.05, 0) is 50.4 Å². The topological polar surface area (TPSA) is 83.3 Å². The molecular formula is C14H23N5O. The molecule has 1 atom stereocenters. The second-order valence-corrected chi connectivity index (χ2v) is 5.21. The van der Waals surface area contributed by atoms with Crippen molar-refractivity contribution in [2.45, 2.75) is 19.3 Å². The van der Waals surface area contributed by atoms with Gasteiger partial charge in [-0.3, -0.25) is 20.5 Å². The summed E-state index contributed by atoms with van der Waals surface area (Å²) in [5.74, 6) is 1.23. The minimum absolute atomic E-state index is 0.0379. The zero-order valence-corrected chi connectivity index (χ0v) is 11.7. The van der Waals surface area contributed by atoms with Gasteiger partial charge in [0.2, 0.25) is 0 Å². The average molecular weight is 277 g/mol. The Kier molecular flexibility index (Phi) is 5.76. The monoisotopic (exact) mass is 277 g/mol. The Labute approximate surface area is 119 Å². The van der Waals surface area contributed by atoms with Gasteiger partial charge in [-0.25, -0.2) is 4.98 Å². The summed E-state index contributed by atoms with van der Waals surface area (Å²) in [6.45, 7) is 3.10. The number of amides is 1. The Balaban J connectivity index is 1.71. The van der Waals surface area contributed by atoms with Crippen LogP contribution in [0.5, 0.6) is 0 Å². The standard InChI is InChI=1S/C14H23N5O/c15-7-6-12-4-3-9-19(10-12)11-14(20)18-17-13-5-1-2-8-16-13/h1-2,5,8,12H,3-4,6-7,9-11,15H2,(H,16,17)(H,18,20). The van der Waals surface area contributed by atoms with Crippen molar-refractivity contribution in [1.29, 1.82) is 0 Å². The van der Waals surface area contributed by atoms with Crippen molar-refractivity contribution in [2.75, 3.05) is 31.6 Å². The number of carbonyl (C=O) groups excluding carboxylic acids is 1. The highest BCUT2D eigenvalue weighted by molar-refractivity contribution is 5.79. The van der Waals surface area contributed by atoms with Crippen LogP contribution in [-0.4, -0.2) is 42.0 Å². The van der Waals surface area contributed by atoms with Crippen LogP contribution in [0.1, 0.15) is 19.3 Å². The molecule has 1 aliphatic heterocycles. The van der Waals surface area contributed by atoms with Gasteiger partial charge in [-0.1, -0.05) is 6.07 Å². The molecule has 110 valence electrons. The van der Waals surface area contributed by atoms with Crippen LogP contribution in [-0.2, 0) is 4.79 Å². The molecule has 1 amide bonds. The summed E-state index contributed by atoms with van der Waals surface area (Å²) >= 11 is 0.